The molecule has 0 bridgehead atoms. The van der Waals surface area contributed by atoms with Crippen LogP contribution in [-0.4, -0.2) is 28.6 Å². The monoisotopic (exact) mass is 445 g/mol. The Morgan fingerprint density at radius 1 is 1.18 bits per heavy atom. The number of esters is 1. The van der Waals surface area contributed by atoms with Crippen LogP contribution in [-0.2, 0) is 16.0 Å². The highest BCUT2D eigenvalue weighted by atomic mass is 79.9. The summed E-state index contributed by atoms with van der Waals surface area (Å²) >= 11 is 3.36. The van der Waals surface area contributed by atoms with Crippen LogP contribution in [0.15, 0.2) is 62.8 Å². The summed E-state index contributed by atoms with van der Waals surface area (Å²) in [5.41, 5.74) is 1.82. The number of aliphatic imine (C=N–C) groups is 1. The number of carbonyl (C=O) groups is 1. The van der Waals surface area contributed by atoms with Gasteiger partial charge in [0.1, 0.15) is 5.82 Å². The third-order valence-electron chi connectivity index (χ3n) is 4.08. The third-order valence-corrected chi connectivity index (χ3v) is 4.61. The smallest absolute Gasteiger partial charge is 0.311 e. The van der Waals surface area contributed by atoms with Crippen LogP contribution in [0.5, 0.6) is 0 Å². The van der Waals surface area contributed by atoms with Gasteiger partial charge in [-0.25, -0.2) is 9.07 Å². The van der Waals surface area contributed by atoms with E-state index in [-0.39, 0.29) is 17.5 Å². The second-order valence-electron chi connectivity index (χ2n) is 6.01. The second-order valence-corrected chi connectivity index (χ2v) is 6.92. The van der Waals surface area contributed by atoms with Gasteiger partial charge >= 0.3 is 5.97 Å². The van der Waals surface area contributed by atoms with E-state index >= 15 is 0 Å². The van der Waals surface area contributed by atoms with Gasteiger partial charge in [0, 0.05) is 4.47 Å². The fourth-order valence-corrected chi connectivity index (χ4v) is 3.00. The molecule has 0 saturated heterocycles. The Hall–Kier alpha value is -3.00. The van der Waals surface area contributed by atoms with Crippen LogP contribution in [0.2, 0.25) is 0 Å². The van der Waals surface area contributed by atoms with Crippen molar-refractivity contribution in [1.29, 1.82) is 0 Å². The van der Waals surface area contributed by atoms with Crippen molar-refractivity contribution in [2.45, 2.75) is 13.3 Å². The van der Waals surface area contributed by atoms with Gasteiger partial charge in [0.15, 0.2) is 0 Å². The highest BCUT2D eigenvalue weighted by Crippen LogP contribution is 2.19. The number of rotatable bonds is 5. The van der Waals surface area contributed by atoms with E-state index in [1.54, 1.807) is 19.1 Å². The number of H-pyrrole nitrogens is 1. The molecular weight excluding hydrogens is 429 g/mol. The SMILES string of the molecule is COC(=O)Cc1[nH]n(-c2ccc(F)cc2)c(=O)c1C(C)=Nc1ccc(Br)cc1. The standard InChI is InChI=1S/C20H17BrFN3O3/c1-12(23-15-7-3-13(21)4-8-15)19-17(11-18(26)28-2)24-25(20(19)27)16-9-5-14(22)6-10-16/h3-10,24H,11H2,1-2H3. The lowest BCUT2D eigenvalue weighted by Crippen LogP contribution is -2.20. The summed E-state index contributed by atoms with van der Waals surface area (Å²) in [7, 11) is 1.28. The maximum absolute atomic E-state index is 13.2. The van der Waals surface area contributed by atoms with Crippen molar-refractivity contribution in [1.82, 2.24) is 9.78 Å². The van der Waals surface area contributed by atoms with Gasteiger partial charge < -0.3 is 4.74 Å². The maximum Gasteiger partial charge on any atom is 0.311 e. The average molecular weight is 446 g/mol. The number of nitrogens with zero attached hydrogens (tertiary/aromatic N) is 2. The molecular formula is C20H17BrFN3O3. The second kappa shape index (κ2) is 8.35. The Morgan fingerprint density at radius 2 is 1.82 bits per heavy atom. The number of hydrogen-bond donors (Lipinski definition) is 1. The number of aromatic nitrogens is 2. The normalized spacial score (nSPS) is 11.5. The first-order valence-electron chi connectivity index (χ1n) is 8.37. The first-order chi connectivity index (χ1) is 13.4. The fraction of sp³-hybridized carbons (Fsp3) is 0.150. The number of methoxy groups -OCH3 is 1. The van der Waals surface area contributed by atoms with Crippen molar-refractivity contribution in [2.24, 2.45) is 4.99 Å². The Balaban J connectivity index is 2.11. The Morgan fingerprint density at radius 3 is 2.43 bits per heavy atom. The topological polar surface area (TPSA) is 76.5 Å². The van der Waals surface area contributed by atoms with Gasteiger partial charge in [-0.05, 0) is 55.5 Å². The van der Waals surface area contributed by atoms with Crippen LogP contribution in [0.25, 0.3) is 5.69 Å². The maximum atomic E-state index is 13.2. The molecule has 0 spiro atoms. The van der Waals surface area contributed by atoms with Gasteiger partial charge in [0.25, 0.3) is 5.56 Å². The van der Waals surface area contributed by atoms with E-state index in [9.17, 15) is 14.0 Å². The minimum atomic E-state index is -0.495. The van der Waals surface area contributed by atoms with Crippen molar-refractivity contribution in [3.8, 4) is 5.69 Å². The molecule has 28 heavy (non-hydrogen) atoms. The summed E-state index contributed by atoms with van der Waals surface area (Å²) in [6, 6.07) is 12.7. The predicted octanol–water partition coefficient (Wildman–Crippen LogP) is 3.92. The van der Waals surface area contributed by atoms with Crippen LogP contribution in [0.1, 0.15) is 18.2 Å². The molecule has 6 nitrogen and oxygen atoms in total. The molecule has 0 atom stereocenters. The number of ether oxygens (including phenoxy) is 1. The minimum Gasteiger partial charge on any atom is -0.469 e. The summed E-state index contributed by atoms with van der Waals surface area (Å²) in [4.78, 5) is 29.3. The number of aromatic amines is 1. The molecule has 144 valence electrons. The van der Waals surface area contributed by atoms with Gasteiger partial charge in [-0.3, -0.25) is 19.7 Å². The third kappa shape index (κ3) is 4.28. The molecule has 0 radical (unpaired) electrons. The molecule has 1 N–H and O–H groups in total. The average Bonchev–Trinajstić information content (AvgIpc) is 3.00. The summed E-state index contributed by atoms with van der Waals surface area (Å²) in [6.45, 7) is 1.70. The lowest BCUT2D eigenvalue weighted by molar-refractivity contribution is -0.139. The van der Waals surface area contributed by atoms with Gasteiger partial charge in [0.05, 0.1) is 41.9 Å². The quantitative estimate of drug-likeness (QED) is 0.477. The Kier molecular flexibility index (Phi) is 5.89. The van der Waals surface area contributed by atoms with Crippen LogP contribution >= 0.6 is 15.9 Å². The van der Waals surface area contributed by atoms with E-state index in [2.05, 4.69) is 26.0 Å². The molecule has 0 aliphatic heterocycles. The molecule has 0 unspecified atom stereocenters. The summed E-state index contributed by atoms with van der Waals surface area (Å²) in [5, 5.41) is 2.92. The Labute approximate surface area is 168 Å². The largest absolute Gasteiger partial charge is 0.469 e. The molecule has 1 heterocycles. The van der Waals surface area contributed by atoms with E-state index in [0.717, 1.165) is 4.47 Å². The molecule has 0 amide bonds. The lowest BCUT2D eigenvalue weighted by Gasteiger charge is -2.02. The molecule has 0 saturated carbocycles. The predicted molar refractivity (Wildman–Crippen MR) is 108 cm³/mol. The van der Waals surface area contributed by atoms with Crippen LogP contribution in [0.3, 0.4) is 0 Å². The summed E-state index contributed by atoms with van der Waals surface area (Å²) in [5.74, 6) is -0.906. The van der Waals surface area contributed by atoms with Gasteiger partial charge in [0.2, 0.25) is 0 Å². The lowest BCUT2D eigenvalue weighted by atomic mass is 10.1. The molecule has 3 aromatic rings. The first-order valence-corrected chi connectivity index (χ1v) is 9.16. The van der Waals surface area contributed by atoms with Crippen molar-refractivity contribution < 1.29 is 13.9 Å². The van der Waals surface area contributed by atoms with E-state index in [0.29, 0.717) is 22.8 Å². The molecule has 0 aliphatic rings. The zero-order valence-electron chi connectivity index (χ0n) is 15.2. The number of hydrogen-bond acceptors (Lipinski definition) is 4. The highest BCUT2D eigenvalue weighted by molar-refractivity contribution is 9.10. The molecule has 0 fully saturated rings. The van der Waals surface area contributed by atoms with Gasteiger partial charge in [-0.1, -0.05) is 15.9 Å². The molecule has 0 aliphatic carbocycles. The molecule has 3 rings (SSSR count). The first kappa shape index (κ1) is 19.8. The number of nitrogens with one attached hydrogen (secondary N) is 1. The van der Waals surface area contributed by atoms with Gasteiger partial charge in [-0.15, -0.1) is 0 Å². The van der Waals surface area contributed by atoms with Gasteiger partial charge in [-0.2, -0.15) is 0 Å². The van der Waals surface area contributed by atoms with Crippen LogP contribution in [0.4, 0.5) is 10.1 Å². The van der Waals surface area contributed by atoms with Crippen molar-refractivity contribution in [3.63, 3.8) is 0 Å². The molecule has 8 heteroatoms. The van der Waals surface area contributed by atoms with E-state index in [1.807, 2.05) is 12.1 Å². The van der Waals surface area contributed by atoms with E-state index in [4.69, 9.17) is 4.74 Å². The van der Waals surface area contributed by atoms with Crippen LogP contribution < -0.4 is 5.56 Å². The molecule has 2 aromatic carbocycles. The van der Waals surface area contributed by atoms with Crippen molar-refractivity contribution in [3.05, 3.63) is 80.4 Å². The van der Waals surface area contributed by atoms with E-state index in [1.165, 1.54) is 36.1 Å². The summed E-state index contributed by atoms with van der Waals surface area (Å²) in [6.07, 6.45) is -0.123. The molecule has 1 aromatic heterocycles. The Bertz CT molecular complexity index is 1080. The number of benzene rings is 2. The fourth-order valence-electron chi connectivity index (χ4n) is 2.74. The summed E-state index contributed by atoms with van der Waals surface area (Å²) < 4.78 is 20.1. The highest BCUT2D eigenvalue weighted by Gasteiger charge is 2.20. The van der Waals surface area contributed by atoms with E-state index < -0.39 is 11.8 Å². The van der Waals surface area contributed by atoms with Crippen molar-refractivity contribution >= 4 is 33.3 Å². The number of carbonyl (C=O) groups excluding carboxylic acids is 1. The van der Waals surface area contributed by atoms with Crippen LogP contribution in [0, 0.1) is 5.82 Å². The minimum absolute atomic E-state index is 0.123. The zero-order valence-corrected chi connectivity index (χ0v) is 16.8. The zero-order chi connectivity index (χ0) is 20.3. The van der Waals surface area contributed by atoms with Crippen molar-refractivity contribution in [2.75, 3.05) is 7.11 Å². The number of halogens is 2.